The molecule has 0 aromatic heterocycles. The van der Waals surface area contributed by atoms with Crippen LogP contribution in [0.15, 0.2) is 28.7 Å². The summed E-state index contributed by atoms with van der Waals surface area (Å²) in [5.74, 6) is 1.05. The summed E-state index contributed by atoms with van der Waals surface area (Å²) in [5.41, 5.74) is 0. The summed E-state index contributed by atoms with van der Waals surface area (Å²) in [4.78, 5) is 14.1. The van der Waals surface area contributed by atoms with Gasteiger partial charge < -0.3 is 15.0 Å². The average molecular weight is 392 g/mol. The average Bonchev–Trinajstić information content (AvgIpc) is 2.53. The van der Waals surface area contributed by atoms with Crippen LogP contribution >= 0.6 is 28.3 Å². The number of nitrogens with zero attached hydrogens (tertiary/aromatic N) is 1. The van der Waals surface area contributed by atoms with Gasteiger partial charge in [-0.25, -0.2) is 0 Å². The van der Waals surface area contributed by atoms with Gasteiger partial charge in [0.05, 0.1) is 11.1 Å². The largest absolute Gasteiger partial charge is 0.492 e. The molecule has 22 heavy (non-hydrogen) atoms. The Morgan fingerprint density at radius 3 is 2.73 bits per heavy atom. The third kappa shape index (κ3) is 5.78. The number of benzene rings is 1. The summed E-state index contributed by atoms with van der Waals surface area (Å²) in [6, 6.07) is 8.16. The number of carbonyl (C=O) groups excluding carboxylic acids is 1. The normalized spacial score (nSPS) is 15.0. The van der Waals surface area contributed by atoms with Gasteiger partial charge in [0.2, 0.25) is 5.91 Å². The lowest BCUT2D eigenvalue weighted by Crippen LogP contribution is -2.43. The molecule has 2 rings (SSSR count). The molecule has 0 unspecified atom stereocenters. The van der Waals surface area contributed by atoms with E-state index in [2.05, 4.69) is 21.2 Å². The van der Waals surface area contributed by atoms with Crippen LogP contribution in [0.25, 0.3) is 0 Å². The van der Waals surface area contributed by atoms with Gasteiger partial charge in [0.15, 0.2) is 0 Å². The lowest BCUT2D eigenvalue weighted by atomic mass is 10.0. The van der Waals surface area contributed by atoms with Gasteiger partial charge in [0.25, 0.3) is 0 Å². The van der Waals surface area contributed by atoms with Crippen LogP contribution in [0, 0.1) is 0 Å². The first-order chi connectivity index (χ1) is 10.2. The van der Waals surface area contributed by atoms with Crippen LogP contribution in [0.5, 0.6) is 5.75 Å². The second kappa shape index (κ2) is 10.1. The fourth-order valence-corrected chi connectivity index (χ4v) is 2.94. The predicted octanol–water partition coefficient (Wildman–Crippen LogP) is 3.24. The summed E-state index contributed by atoms with van der Waals surface area (Å²) in [6.45, 7) is 2.58. The fraction of sp³-hybridized carbons (Fsp3) is 0.562. The van der Waals surface area contributed by atoms with E-state index in [-0.39, 0.29) is 18.3 Å². The van der Waals surface area contributed by atoms with Crippen molar-refractivity contribution in [2.24, 2.45) is 0 Å². The topological polar surface area (TPSA) is 41.6 Å². The number of para-hydroxylation sites is 1. The summed E-state index contributed by atoms with van der Waals surface area (Å²) >= 11 is 3.45. The second-order valence-electron chi connectivity index (χ2n) is 5.37. The molecular formula is C16H24BrClN2O2. The number of halogens is 2. The van der Waals surface area contributed by atoms with Gasteiger partial charge in [0, 0.05) is 19.5 Å². The monoisotopic (exact) mass is 390 g/mol. The molecule has 4 nitrogen and oxygen atoms in total. The molecule has 0 atom stereocenters. The Labute approximate surface area is 147 Å². The molecule has 6 heteroatoms. The molecule has 1 aromatic rings. The van der Waals surface area contributed by atoms with Gasteiger partial charge in [0.1, 0.15) is 5.75 Å². The van der Waals surface area contributed by atoms with Crippen LogP contribution in [0.2, 0.25) is 0 Å². The number of hydrogen-bond acceptors (Lipinski definition) is 3. The fourth-order valence-electron chi connectivity index (χ4n) is 2.54. The number of piperidine rings is 1. The first kappa shape index (κ1) is 19.3. The molecular weight excluding hydrogens is 368 g/mol. The van der Waals surface area contributed by atoms with Crippen molar-refractivity contribution in [1.82, 2.24) is 10.2 Å². The molecule has 0 spiro atoms. The van der Waals surface area contributed by atoms with Crippen LogP contribution in [0.1, 0.15) is 25.7 Å². The third-order valence-corrected chi connectivity index (χ3v) is 4.53. The second-order valence-corrected chi connectivity index (χ2v) is 6.22. The van der Waals surface area contributed by atoms with Crippen molar-refractivity contribution < 1.29 is 9.53 Å². The highest BCUT2D eigenvalue weighted by Gasteiger charge is 2.21. The molecule has 0 radical (unpaired) electrons. The molecule has 1 saturated heterocycles. The number of rotatable bonds is 6. The Hall–Kier alpha value is -0.780. The van der Waals surface area contributed by atoms with Crippen LogP contribution in [-0.2, 0) is 4.79 Å². The standard InChI is InChI=1S/C16H23BrN2O2.ClH/c1-19(13-8-10-18-11-9-13)16(20)7-4-12-21-15-6-3-2-5-14(15)17;/h2-3,5-6,13,18H,4,7-12H2,1H3;1H. The predicted molar refractivity (Wildman–Crippen MR) is 94.8 cm³/mol. The van der Waals surface area contributed by atoms with Gasteiger partial charge in [-0.05, 0) is 60.4 Å². The number of hydrogen-bond donors (Lipinski definition) is 1. The maximum Gasteiger partial charge on any atom is 0.222 e. The molecule has 0 aliphatic carbocycles. The first-order valence-corrected chi connectivity index (χ1v) is 8.31. The molecule has 124 valence electrons. The Morgan fingerprint density at radius 2 is 2.05 bits per heavy atom. The summed E-state index contributed by atoms with van der Waals surface area (Å²) < 4.78 is 6.63. The van der Waals surface area contributed by atoms with Crippen LogP contribution in [0.3, 0.4) is 0 Å². The quantitative estimate of drug-likeness (QED) is 0.757. The van der Waals surface area contributed by atoms with Crippen molar-refractivity contribution in [3.8, 4) is 5.75 Å². The SMILES string of the molecule is CN(C(=O)CCCOc1ccccc1Br)C1CCNCC1.Cl. The van der Waals surface area contributed by atoms with E-state index in [1.165, 1.54) is 0 Å². The minimum absolute atomic E-state index is 0. The van der Waals surface area contributed by atoms with Gasteiger partial charge in [-0.15, -0.1) is 12.4 Å². The molecule has 1 aromatic carbocycles. The van der Waals surface area contributed by atoms with Crippen LogP contribution < -0.4 is 10.1 Å². The molecule has 1 fully saturated rings. The van der Waals surface area contributed by atoms with Gasteiger partial charge in [-0.2, -0.15) is 0 Å². The van der Waals surface area contributed by atoms with E-state index in [9.17, 15) is 4.79 Å². The van der Waals surface area contributed by atoms with Crippen LogP contribution in [-0.4, -0.2) is 43.6 Å². The van der Waals surface area contributed by atoms with E-state index < -0.39 is 0 Å². The van der Waals surface area contributed by atoms with Crippen LogP contribution in [0.4, 0.5) is 0 Å². The van der Waals surface area contributed by atoms with Gasteiger partial charge in [-0.1, -0.05) is 12.1 Å². The lowest BCUT2D eigenvalue weighted by molar-refractivity contribution is -0.132. The molecule has 1 heterocycles. The highest BCUT2D eigenvalue weighted by atomic mass is 79.9. The molecule has 1 aliphatic rings. The van der Waals surface area contributed by atoms with E-state index in [1.54, 1.807) is 0 Å². The maximum atomic E-state index is 12.2. The lowest BCUT2D eigenvalue weighted by Gasteiger charge is -2.31. The minimum Gasteiger partial charge on any atom is -0.492 e. The molecule has 1 N–H and O–H groups in total. The number of ether oxygens (including phenoxy) is 1. The zero-order valence-corrected chi connectivity index (χ0v) is 15.3. The summed E-state index contributed by atoms with van der Waals surface area (Å²) in [7, 11) is 1.92. The third-order valence-electron chi connectivity index (χ3n) is 3.88. The zero-order valence-electron chi connectivity index (χ0n) is 12.9. The summed E-state index contributed by atoms with van der Waals surface area (Å²) in [5, 5.41) is 3.32. The Morgan fingerprint density at radius 1 is 1.36 bits per heavy atom. The van der Waals surface area contributed by atoms with Crippen molar-refractivity contribution in [3.05, 3.63) is 28.7 Å². The molecule has 0 bridgehead atoms. The maximum absolute atomic E-state index is 12.2. The molecule has 1 aliphatic heterocycles. The van der Waals surface area contributed by atoms with E-state index in [4.69, 9.17) is 4.74 Å². The van der Waals surface area contributed by atoms with Crippen molar-refractivity contribution in [2.45, 2.75) is 31.7 Å². The Kier molecular flexibility index (Phi) is 8.83. The number of nitrogens with one attached hydrogen (secondary N) is 1. The highest BCUT2D eigenvalue weighted by molar-refractivity contribution is 9.10. The smallest absolute Gasteiger partial charge is 0.222 e. The molecule has 0 saturated carbocycles. The Balaban J connectivity index is 0.00000242. The highest BCUT2D eigenvalue weighted by Crippen LogP contribution is 2.23. The minimum atomic E-state index is 0. The number of carbonyl (C=O) groups is 1. The van der Waals surface area contributed by atoms with Crippen molar-refractivity contribution >= 4 is 34.2 Å². The zero-order chi connectivity index (χ0) is 15.1. The number of amides is 1. The van der Waals surface area contributed by atoms with Crippen molar-refractivity contribution in [3.63, 3.8) is 0 Å². The summed E-state index contributed by atoms with van der Waals surface area (Å²) in [6.07, 6.45) is 3.39. The van der Waals surface area contributed by atoms with E-state index in [0.717, 1.165) is 42.6 Å². The van der Waals surface area contributed by atoms with E-state index >= 15 is 0 Å². The first-order valence-electron chi connectivity index (χ1n) is 7.52. The van der Waals surface area contributed by atoms with Crippen molar-refractivity contribution in [1.29, 1.82) is 0 Å². The van der Waals surface area contributed by atoms with Gasteiger partial charge in [-0.3, -0.25) is 4.79 Å². The van der Waals surface area contributed by atoms with Gasteiger partial charge >= 0.3 is 0 Å². The van der Waals surface area contributed by atoms with Crippen molar-refractivity contribution in [2.75, 3.05) is 26.7 Å². The Bertz CT molecular complexity index is 467. The van der Waals surface area contributed by atoms with E-state index in [0.29, 0.717) is 19.1 Å². The molecule has 1 amide bonds. The van der Waals surface area contributed by atoms with E-state index in [1.807, 2.05) is 36.2 Å².